The number of thioether (sulfide) groups is 1. The van der Waals surface area contributed by atoms with Crippen molar-refractivity contribution in [3.63, 3.8) is 0 Å². The molecule has 84 valence electrons. The third kappa shape index (κ3) is 2.14. The van der Waals surface area contributed by atoms with E-state index in [0.717, 1.165) is 23.9 Å². The van der Waals surface area contributed by atoms with E-state index < -0.39 is 21.2 Å². The molecule has 0 radical (unpaired) electrons. The summed E-state index contributed by atoms with van der Waals surface area (Å²) in [6.45, 7) is 0. The van der Waals surface area contributed by atoms with Crippen LogP contribution in [0.4, 0.5) is 17.1 Å². The van der Waals surface area contributed by atoms with E-state index in [1.807, 2.05) is 0 Å². The molecule has 16 heavy (non-hydrogen) atoms. The fourth-order valence-electron chi connectivity index (χ4n) is 1.10. The van der Waals surface area contributed by atoms with E-state index in [4.69, 9.17) is 0 Å². The van der Waals surface area contributed by atoms with Crippen LogP contribution >= 0.6 is 11.8 Å². The Balaban J connectivity index is 3.55. The standard InChI is InChI=1S/C7H5N3O5S/c1-16-7-5(8-11)2-4(9(12)13)3-6(7)10(14)15/h2-3H,1H3. The van der Waals surface area contributed by atoms with Gasteiger partial charge in [-0.3, -0.25) is 20.2 Å². The van der Waals surface area contributed by atoms with Crippen molar-refractivity contribution in [1.82, 2.24) is 0 Å². The maximum Gasteiger partial charge on any atom is 0.292 e. The van der Waals surface area contributed by atoms with E-state index in [1.54, 1.807) is 0 Å². The second-order valence-electron chi connectivity index (χ2n) is 2.62. The van der Waals surface area contributed by atoms with Crippen molar-refractivity contribution in [2.45, 2.75) is 4.90 Å². The number of hydrogen-bond donors (Lipinski definition) is 0. The van der Waals surface area contributed by atoms with Crippen LogP contribution in [0.25, 0.3) is 0 Å². The largest absolute Gasteiger partial charge is 0.292 e. The fourth-order valence-corrected chi connectivity index (χ4v) is 1.75. The van der Waals surface area contributed by atoms with E-state index in [1.165, 1.54) is 6.26 Å². The summed E-state index contributed by atoms with van der Waals surface area (Å²) in [4.78, 5) is 30.0. The minimum atomic E-state index is -0.814. The molecule has 0 N–H and O–H groups in total. The molecule has 0 aliphatic heterocycles. The van der Waals surface area contributed by atoms with Gasteiger partial charge in [0, 0.05) is 6.07 Å². The number of nitro benzene ring substituents is 2. The summed E-state index contributed by atoms with van der Waals surface area (Å²) >= 11 is 0.937. The first-order valence-electron chi connectivity index (χ1n) is 3.85. The molecule has 0 atom stereocenters. The molecule has 0 bridgehead atoms. The van der Waals surface area contributed by atoms with Crippen LogP contribution in [-0.4, -0.2) is 16.1 Å². The Labute approximate surface area is 92.9 Å². The molecule has 0 aliphatic rings. The van der Waals surface area contributed by atoms with E-state index in [0.29, 0.717) is 0 Å². The predicted molar refractivity (Wildman–Crippen MR) is 57.0 cm³/mol. The summed E-state index contributed by atoms with van der Waals surface area (Å²) in [5.74, 6) is 0. The number of nitrogens with zero attached hydrogens (tertiary/aromatic N) is 3. The van der Waals surface area contributed by atoms with Crippen molar-refractivity contribution in [3.05, 3.63) is 37.3 Å². The summed E-state index contributed by atoms with van der Waals surface area (Å²) in [5, 5.41) is 23.7. The van der Waals surface area contributed by atoms with Crippen molar-refractivity contribution >= 4 is 28.8 Å². The van der Waals surface area contributed by atoms with Gasteiger partial charge in [0.25, 0.3) is 11.4 Å². The maximum absolute atomic E-state index is 10.6. The number of non-ortho nitro benzene ring substituents is 1. The topological polar surface area (TPSA) is 116 Å². The molecule has 1 rings (SSSR count). The Morgan fingerprint density at radius 1 is 1.25 bits per heavy atom. The number of hydrogen-bond acceptors (Lipinski definition) is 7. The van der Waals surface area contributed by atoms with Gasteiger partial charge in [0.15, 0.2) is 0 Å². The van der Waals surface area contributed by atoms with Gasteiger partial charge in [-0.2, -0.15) is 0 Å². The average Bonchev–Trinajstić information content (AvgIpc) is 2.26. The van der Waals surface area contributed by atoms with Gasteiger partial charge in [-0.1, -0.05) is 0 Å². The van der Waals surface area contributed by atoms with Crippen molar-refractivity contribution in [2.75, 3.05) is 6.26 Å². The zero-order valence-corrected chi connectivity index (χ0v) is 8.76. The van der Waals surface area contributed by atoms with Crippen molar-refractivity contribution in [1.29, 1.82) is 0 Å². The lowest BCUT2D eigenvalue weighted by atomic mass is 10.2. The normalized spacial score (nSPS) is 9.81. The fraction of sp³-hybridized carbons (Fsp3) is 0.143. The van der Waals surface area contributed by atoms with Gasteiger partial charge in [-0.05, 0) is 11.4 Å². The Morgan fingerprint density at radius 2 is 1.88 bits per heavy atom. The minimum absolute atomic E-state index is 0.0191. The number of rotatable bonds is 4. The highest BCUT2D eigenvalue weighted by Gasteiger charge is 2.24. The van der Waals surface area contributed by atoms with Crippen LogP contribution < -0.4 is 0 Å². The second kappa shape index (κ2) is 4.66. The van der Waals surface area contributed by atoms with E-state index in [2.05, 4.69) is 5.18 Å². The average molecular weight is 243 g/mol. The molecule has 1 aromatic carbocycles. The molecule has 8 nitrogen and oxygen atoms in total. The molecular formula is C7H5N3O5S. The highest BCUT2D eigenvalue weighted by Crippen LogP contribution is 2.39. The van der Waals surface area contributed by atoms with Crippen LogP contribution in [0.3, 0.4) is 0 Å². The third-order valence-corrected chi connectivity index (χ3v) is 2.57. The van der Waals surface area contributed by atoms with Gasteiger partial charge in [0.2, 0.25) is 0 Å². The zero-order valence-electron chi connectivity index (χ0n) is 7.95. The van der Waals surface area contributed by atoms with E-state index >= 15 is 0 Å². The lowest BCUT2D eigenvalue weighted by Gasteiger charge is -2.01. The first kappa shape index (κ1) is 12.0. The van der Waals surface area contributed by atoms with Crippen LogP contribution in [0.2, 0.25) is 0 Å². The number of benzene rings is 1. The van der Waals surface area contributed by atoms with Gasteiger partial charge in [-0.15, -0.1) is 16.7 Å². The van der Waals surface area contributed by atoms with Crippen molar-refractivity contribution in [3.8, 4) is 0 Å². The molecule has 0 spiro atoms. The highest BCUT2D eigenvalue weighted by atomic mass is 32.2. The first-order valence-corrected chi connectivity index (χ1v) is 5.08. The van der Waals surface area contributed by atoms with Crippen molar-refractivity contribution < 1.29 is 9.85 Å². The molecule has 0 unspecified atom stereocenters. The zero-order chi connectivity index (χ0) is 12.3. The van der Waals surface area contributed by atoms with E-state index in [9.17, 15) is 25.1 Å². The van der Waals surface area contributed by atoms with Gasteiger partial charge in [0.1, 0.15) is 10.6 Å². The molecule has 0 saturated carbocycles. The molecule has 0 saturated heterocycles. The summed E-state index contributed by atoms with van der Waals surface area (Å²) in [5.41, 5.74) is -1.32. The lowest BCUT2D eigenvalue weighted by molar-refractivity contribution is -0.395. The predicted octanol–water partition coefficient (Wildman–Crippen LogP) is 2.62. The van der Waals surface area contributed by atoms with Crippen LogP contribution in [0, 0.1) is 25.1 Å². The quantitative estimate of drug-likeness (QED) is 0.347. The molecule has 0 aromatic heterocycles. The highest BCUT2D eigenvalue weighted by molar-refractivity contribution is 7.98. The molecule has 1 aromatic rings. The van der Waals surface area contributed by atoms with Gasteiger partial charge >= 0.3 is 0 Å². The number of nitro groups is 2. The molecular weight excluding hydrogens is 238 g/mol. The van der Waals surface area contributed by atoms with Crippen LogP contribution in [-0.2, 0) is 0 Å². The lowest BCUT2D eigenvalue weighted by Crippen LogP contribution is -1.94. The van der Waals surface area contributed by atoms with Gasteiger partial charge in [-0.25, -0.2) is 0 Å². The Kier molecular flexibility index (Phi) is 3.51. The first-order chi connectivity index (χ1) is 7.51. The monoisotopic (exact) mass is 243 g/mol. The Morgan fingerprint density at radius 3 is 2.25 bits per heavy atom. The number of nitroso groups, excluding NO2 is 1. The Hall–Kier alpha value is -2.03. The Bertz CT molecular complexity index is 475. The SMILES string of the molecule is CSc1c(N=O)cc([N+](=O)[O-])cc1[N+](=O)[O-]. The van der Waals surface area contributed by atoms with E-state index in [-0.39, 0.29) is 10.6 Å². The minimum Gasteiger partial charge on any atom is -0.258 e. The van der Waals surface area contributed by atoms with Crippen LogP contribution in [0.15, 0.2) is 22.2 Å². The second-order valence-corrected chi connectivity index (χ2v) is 3.44. The van der Waals surface area contributed by atoms with Crippen LogP contribution in [0.1, 0.15) is 0 Å². The summed E-state index contributed by atoms with van der Waals surface area (Å²) < 4.78 is 0. The molecule has 0 heterocycles. The van der Waals surface area contributed by atoms with Crippen LogP contribution in [0.5, 0.6) is 0 Å². The molecule has 0 fully saturated rings. The summed E-state index contributed by atoms with van der Waals surface area (Å²) in [6.07, 6.45) is 1.52. The molecule has 0 amide bonds. The smallest absolute Gasteiger partial charge is 0.258 e. The maximum atomic E-state index is 10.6. The third-order valence-electron chi connectivity index (χ3n) is 1.74. The van der Waals surface area contributed by atoms with Gasteiger partial charge in [0.05, 0.1) is 15.9 Å². The summed E-state index contributed by atoms with van der Waals surface area (Å²) in [7, 11) is 0. The molecule has 0 aliphatic carbocycles. The molecule has 9 heteroatoms. The summed E-state index contributed by atoms with van der Waals surface area (Å²) in [6, 6.07) is 1.71. The van der Waals surface area contributed by atoms with Gasteiger partial charge < -0.3 is 0 Å². The van der Waals surface area contributed by atoms with Crippen molar-refractivity contribution in [2.24, 2.45) is 5.18 Å².